The standard InChI is InChI=1S/C24H20Cl3N3O4/c1-14-18(26)4-3-5-20(14)29-23(31)24(32)30-28-12-15-6-8-21(33-2)16(10-15)13-34-22-9-7-17(25)11-19(22)27/h3-12H,13H2,1-2H3,(H,29,31)(H,30,32)/b28-12+. The molecule has 0 aromatic heterocycles. The molecule has 0 radical (unpaired) electrons. The Morgan fingerprint density at radius 3 is 2.47 bits per heavy atom. The Hall–Kier alpha value is -3.26. The zero-order valence-electron chi connectivity index (χ0n) is 18.2. The highest BCUT2D eigenvalue weighted by Crippen LogP contribution is 2.29. The molecule has 34 heavy (non-hydrogen) atoms. The highest BCUT2D eigenvalue weighted by molar-refractivity contribution is 6.40. The number of carbonyl (C=O) groups is 2. The van der Waals surface area contributed by atoms with Gasteiger partial charge in [-0.2, -0.15) is 5.10 Å². The van der Waals surface area contributed by atoms with Crippen LogP contribution in [0.2, 0.25) is 15.1 Å². The third-order valence-electron chi connectivity index (χ3n) is 4.68. The van der Waals surface area contributed by atoms with Crippen molar-refractivity contribution in [2.45, 2.75) is 13.5 Å². The molecule has 2 amide bonds. The minimum absolute atomic E-state index is 0.167. The van der Waals surface area contributed by atoms with E-state index < -0.39 is 11.8 Å². The fourth-order valence-corrected chi connectivity index (χ4v) is 3.52. The second kappa shape index (κ2) is 11.7. The molecule has 3 aromatic carbocycles. The van der Waals surface area contributed by atoms with Crippen LogP contribution in [-0.2, 0) is 16.2 Å². The average molecular weight is 521 g/mol. The van der Waals surface area contributed by atoms with E-state index in [0.29, 0.717) is 43.4 Å². The number of benzene rings is 3. The summed E-state index contributed by atoms with van der Waals surface area (Å²) in [6.45, 7) is 1.90. The summed E-state index contributed by atoms with van der Waals surface area (Å²) in [4.78, 5) is 24.2. The summed E-state index contributed by atoms with van der Waals surface area (Å²) in [6, 6.07) is 15.2. The summed E-state index contributed by atoms with van der Waals surface area (Å²) in [5, 5.41) is 7.73. The van der Waals surface area contributed by atoms with Crippen molar-refractivity contribution in [2.24, 2.45) is 5.10 Å². The van der Waals surface area contributed by atoms with E-state index in [2.05, 4.69) is 15.8 Å². The predicted molar refractivity (Wildman–Crippen MR) is 134 cm³/mol. The maximum Gasteiger partial charge on any atom is 0.329 e. The molecule has 2 N–H and O–H groups in total. The van der Waals surface area contributed by atoms with Gasteiger partial charge in [-0.15, -0.1) is 0 Å². The summed E-state index contributed by atoms with van der Waals surface area (Å²) in [5.74, 6) is -0.723. The Bertz CT molecular complexity index is 1250. The van der Waals surface area contributed by atoms with Gasteiger partial charge in [0, 0.05) is 21.3 Å². The molecule has 3 aromatic rings. The first-order valence-electron chi connectivity index (χ1n) is 9.92. The molecular weight excluding hydrogens is 501 g/mol. The second-order valence-corrected chi connectivity index (χ2v) is 8.25. The summed E-state index contributed by atoms with van der Waals surface area (Å²) >= 11 is 18.1. The first kappa shape index (κ1) is 25.4. The van der Waals surface area contributed by atoms with E-state index in [1.807, 2.05) is 0 Å². The highest BCUT2D eigenvalue weighted by Gasteiger charge is 2.15. The van der Waals surface area contributed by atoms with E-state index in [9.17, 15) is 9.59 Å². The molecule has 0 saturated carbocycles. The van der Waals surface area contributed by atoms with Gasteiger partial charge in [0.05, 0.1) is 18.3 Å². The van der Waals surface area contributed by atoms with Crippen LogP contribution in [0.1, 0.15) is 16.7 Å². The molecule has 0 aliphatic rings. The Morgan fingerprint density at radius 2 is 1.74 bits per heavy atom. The predicted octanol–water partition coefficient (Wildman–Crippen LogP) is 5.63. The minimum atomic E-state index is -0.926. The number of anilines is 1. The number of hydrogen-bond acceptors (Lipinski definition) is 5. The minimum Gasteiger partial charge on any atom is -0.496 e. The number of nitrogens with zero attached hydrogens (tertiary/aromatic N) is 1. The maximum atomic E-state index is 12.1. The second-order valence-electron chi connectivity index (χ2n) is 7.00. The fraction of sp³-hybridized carbons (Fsp3) is 0.125. The number of hydrogen-bond donors (Lipinski definition) is 2. The van der Waals surface area contributed by atoms with Crippen LogP contribution in [-0.4, -0.2) is 25.1 Å². The summed E-state index contributed by atoms with van der Waals surface area (Å²) < 4.78 is 11.2. The summed E-state index contributed by atoms with van der Waals surface area (Å²) in [7, 11) is 1.54. The number of rotatable bonds is 7. The molecule has 0 fully saturated rings. The quantitative estimate of drug-likeness (QED) is 0.240. The molecule has 0 bridgehead atoms. The van der Waals surface area contributed by atoms with E-state index in [1.54, 1.807) is 68.6 Å². The van der Waals surface area contributed by atoms with Crippen molar-refractivity contribution in [3.63, 3.8) is 0 Å². The number of hydrazone groups is 1. The van der Waals surface area contributed by atoms with Crippen LogP contribution >= 0.6 is 34.8 Å². The van der Waals surface area contributed by atoms with Crippen LogP contribution in [0.5, 0.6) is 11.5 Å². The van der Waals surface area contributed by atoms with Crippen molar-refractivity contribution in [1.82, 2.24) is 5.43 Å². The van der Waals surface area contributed by atoms with Crippen LogP contribution < -0.4 is 20.2 Å². The van der Waals surface area contributed by atoms with Gasteiger partial charge in [-0.25, -0.2) is 5.43 Å². The molecule has 0 aliphatic heterocycles. The first-order valence-corrected chi connectivity index (χ1v) is 11.1. The van der Waals surface area contributed by atoms with Crippen molar-refractivity contribution in [1.29, 1.82) is 0 Å². The van der Waals surface area contributed by atoms with Gasteiger partial charge in [0.1, 0.15) is 18.1 Å². The normalized spacial score (nSPS) is 10.7. The number of halogens is 3. The number of nitrogens with one attached hydrogen (secondary N) is 2. The molecule has 0 spiro atoms. The van der Waals surface area contributed by atoms with Crippen molar-refractivity contribution < 1.29 is 19.1 Å². The van der Waals surface area contributed by atoms with E-state index >= 15 is 0 Å². The molecule has 0 aliphatic carbocycles. The number of methoxy groups -OCH3 is 1. The zero-order valence-corrected chi connectivity index (χ0v) is 20.5. The zero-order chi connectivity index (χ0) is 24.7. The van der Waals surface area contributed by atoms with Crippen LogP contribution in [0, 0.1) is 6.92 Å². The molecular formula is C24H20Cl3N3O4. The van der Waals surface area contributed by atoms with Gasteiger partial charge < -0.3 is 14.8 Å². The van der Waals surface area contributed by atoms with Crippen molar-refractivity contribution >= 4 is 58.5 Å². The van der Waals surface area contributed by atoms with E-state index in [4.69, 9.17) is 44.3 Å². The molecule has 0 saturated heterocycles. The molecule has 0 heterocycles. The summed E-state index contributed by atoms with van der Waals surface area (Å²) in [6.07, 6.45) is 1.40. The number of carbonyl (C=O) groups excluding carboxylic acids is 2. The van der Waals surface area contributed by atoms with Crippen LogP contribution in [0.15, 0.2) is 59.7 Å². The average Bonchev–Trinajstić information content (AvgIpc) is 2.81. The lowest BCUT2D eigenvalue weighted by atomic mass is 10.1. The van der Waals surface area contributed by atoms with Crippen molar-refractivity contribution in [3.05, 3.63) is 86.4 Å². The fourth-order valence-electron chi connectivity index (χ4n) is 2.88. The first-order chi connectivity index (χ1) is 16.3. The van der Waals surface area contributed by atoms with Crippen LogP contribution in [0.3, 0.4) is 0 Å². The molecule has 3 rings (SSSR count). The largest absolute Gasteiger partial charge is 0.496 e. The molecule has 0 atom stereocenters. The lowest BCUT2D eigenvalue weighted by Gasteiger charge is -2.12. The van der Waals surface area contributed by atoms with Crippen molar-refractivity contribution in [3.8, 4) is 11.5 Å². The van der Waals surface area contributed by atoms with E-state index in [1.165, 1.54) is 6.21 Å². The maximum absolute atomic E-state index is 12.1. The van der Waals surface area contributed by atoms with Crippen LogP contribution in [0.4, 0.5) is 5.69 Å². The lowest BCUT2D eigenvalue weighted by molar-refractivity contribution is -0.136. The van der Waals surface area contributed by atoms with E-state index in [-0.39, 0.29) is 6.61 Å². The van der Waals surface area contributed by atoms with Crippen LogP contribution in [0.25, 0.3) is 0 Å². The molecule has 176 valence electrons. The van der Waals surface area contributed by atoms with Gasteiger partial charge >= 0.3 is 11.8 Å². The Balaban J connectivity index is 1.63. The smallest absolute Gasteiger partial charge is 0.329 e. The van der Waals surface area contributed by atoms with E-state index in [0.717, 1.165) is 5.56 Å². The van der Waals surface area contributed by atoms with Gasteiger partial charge in [0.15, 0.2) is 0 Å². The monoisotopic (exact) mass is 519 g/mol. The molecule has 10 heteroatoms. The Kier molecular flexibility index (Phi) is 8.76. The summed E-state index contributed by atoms with van der Waals surface area (Å²) in [5.41, 5.74) is 4.66. The Morgan fingerprint density at radius 1 is 0.971 bits per heavy atom. The highest BCUT2D eigenvalue weighted by atomic mass is 35.5. The van der Waals surface area contributed by atoms with Gasteiger partial charge in [-0.1, -0.05) is 40.9 Å². The van der Waals surface area contributed by atoms with Gasteiger partial charge in [-0.3, -0.25) is 9.59 Å². The number of ether oxygens (including phenoxy) is 2. The number of amides is 2. The molecule has 7 nitrogen and oxygen atoms in total. The van der Waals surface area contributed by atoms with Gasteiger partial charge in [-0.05, 0) is 66.6 Å². The lowest BCUT2D eigenvalue weighted by Crippen LogP contribution is -2.32. The third-order valence-corrected chi connectivity index (χ3v) is 5.62. The van der Waals surface area contributed by atoms with Gasteiger partial charge in [0.2, 0.25) is 0 Å². The van der Waals surface area contributed by atoms with Crippen molar-refractivity contribution in [2.75, 3.05) is 12.4 Å². The SMILES string of the molecule is COc1ccc(/C=N/NC(=O)C(=O)Nc2cccc(Cl)c2C)cc1COc1ccc(Cl)cc1Cl. The molecule has 0 unspecified atom stereocenters. The Labute approximate surface area is 211 Å². The third kappa shape index (κ3) is 6.63. The topological polar surface area (TPSA) is 89.0 Å². The van der Waals surface area contributed by atoms with Gasteiger partial charge in [0.25, 0.3) is 0 Å².